The van der Waals surface area contributed by atoms with E-state index in [4.69, 9.17) is 10.5 Å². The van der Waals surface area contributed by atoms with Crippen molar-refractivity contribution < 1.29 is 4.74 Å². The highest BCUT2D eigenvalue weighted by atomic mass is 16.5. The first-order valence-corrected chi connectivity index (χ1v) is 6.23. The van der Waals surface area contributed by atoms with Crippen molar-refractivity contribution in [2.75, 3.05) is 13.2 Å². The lowest BCUT2D eigenvalue weighted by molar-refractivity contribution is 0.0584. The van der Waals surface area contributed by atoms with Crippen LogP contribution < -0.4 is 5.73 Å². The van der Waals surface area contributed by atoms with Gasteiger partial charge in [0.2, 0.25) is 0 Å². The maximum atomic E-state index is 6.31. The lowest BCUT2D eigenvalue weighted by Crippen LogP contribution is -2.27. The number of aryl methyl sites for hydroxylation is 1. The van der Waals surface area contributed by atoms with E-state index in [0.717, 1.165) is 32.5 Å². The average molecular weight is 219 g/mol. The molecule has 2 rings (SSSR count). The van der Waals surface area contributed by atoms with E-state index in [1.165, 1.54) is 11.1 Å². The normalized spacial score (nSPS) is 19.6. The van der Waals surface area contributed by atoms with E-state index in [1.54, 1.807) is 0 Å². The zero-order chi connectivity index (χ0) is 11.4. The topological polar surface area (TPSA) is 35.2 Å². The monoisotopic (exact) mass is 219 g/mol. The van der Waals surface area contributed by atoms with Crippen LogP contribution in [0.3, 0.4) is 0 Å². The fourth-order valence-corrected chi connectivity index (χ4v) is 2.32. The highest BCUT2D eigenvalue weighted by Crippen LogP contribution is 2.28. The standard InChI is InChI=1S/C14H21NO/c1-2-11-3-5-12(6-4-11)14(15)13-7-9-16-10-8-13/h3-6,13-14H,2,7-10,15H2,1H3. The van der Waals surface area contributed by atoms with Gasteiger partial charge in [0.1, 0.15) is 0 Å². The second-order valence-electron chi connectivity index (χ2n) is 4.57. The van der Waals surface area contributed by atoms with Crippen LogP contribution >= 0.6 is 0 Å². The van der Waals surface area contributed by atoms with E-state index in [-0.39, 0.29) is 6.04 Å². The van der Waals surface area contributed by atoms with Gasteiger partial charge in [-0.15, -0.1) is 0 Å². The molecule has 0 aliphatic carbocycles. The Hall–Kier alpha value is -0.860. The SMILES string of the molecule is CCc1ccc(C(N)C2CCOCC2)cc1. The number of ether oxygens (including phenoxy) is 1. The van der Waals surface area contributed by atoms with Gasteiger partial charge >= 0.3 is 0 Å². The summed E-state index contributed by atoms with van der Waals surface area (Å²) < 4.78 is 5.37. The Bertz CT molecular complexity index is 314. The molecule has 2 heteroatoms. The van der Waals surface area contributed by atoms with E-state index in [0.29, 0.717) is 5.92 Å². The van der Waals surface area contributed by atoms with Gasteiger partial charge in [-0.1, -0.05) is 31.2 Å². The molecule has 1 heterocycles. The molecule has 0 saturated carbocycles. The smallest absolute Gasteiger partial charge is 0.0469 e. The molecule has 0 amide bonds. The van der Waals surface area contributed by atoms with Crippen molar-refractivity contribution >= 4 is 0 Å². The van der Waals surface area contributed by atoms with Crippen LogP contribution in [0, 0.1) is 5.92 Å². The molecule has 1 fully saturated rings. The number of rotatable bonds is 3. The molecule has 2 nitrogen and oxygen atoms in total. The van der Waals surface area contributed by atoms with E-state index in [9.17, 15) is 0 Å². The van der Waals surface area contributed by atoms with Gasteiger partial charge in [0, 0.05) is 19.3 Å². The van der Waals surface area contributed by atoms with Crippen molar-refractivity contribution in [2.24, 2.45) is 11.7 Å². The predicted molar refractivity (Wildman–Crippen MR) is 66.3 cm³/mol. The van der Waals surface area contributed by atoms with Crippen molar-refractivity contribution in [2.45, 2.75) is 32.2 Å². The first-order chi connectivity index (χ1) is 7.81. The van der Waals surface area contributed by atoms with Gasteiger partial charge in [-0.3, -0.25) is 0 Å². The summed E-state index contributed by atoms with van der Waals surface area (Å²) in [5, 5.41) is 0. The third-order valence-corrected chi connectivity index (χ3v) is 3.55. The maximum Gasteiger partial charge on any atom is 0.0469 e. The van der Waals surface area contributed by atoms with Crippen molar-refractivity contribution in [3.8, 4) is 0 Å². The summed E-state index contributed by atoms with van der Waals surface area (Å²) in [5.41, 5.74) is 8.95. The van der Waals surface area contributed by atoms with Gasteiger partial charge in [-0.05, 0) is 36.3 Å². The third-order valence-electron chi connectivity index (χ3n) is 3.55. The Morgan fingerprint density at radius 2 is 1.88 bits per heavy atom. The summed E-state index contributed by atoms with van der Waals surface area (Å²) in [6.07, 6.45) is 3.28. The molecule has 1 unspecified atom stereocenters. The van der Waals surface area contributed by atoms with Gasteiger partial charge < -0.3 is 10.5 Å². The Kier molecular flexibility index (Phi) is 3.97. The molecular formula is C14H21NO. The third kappa shape index (κ3) is 2.63. The second-order valence-corrected chi connectivity index (χ2v) is 4.57. The van der Waals surface area contributed by atoms with Crippen molar-refractivity contribution in [1.82, 2.24) is 0 Å². The Morgan fingerprint density at radius 3 is 2.44 bits per heavy atom. The van der Waals surface area contributed by atoms with Crippen LogP contribution in [0.4, 0.5) is 0 Å². The minimum absolute atomic E-state index is 0.176. The van der Waals surface area contributed by atoms with Crippen LogP contribution in [0.1, 0.15) is 36.9 Å². The summed E-state index contributed by atoms with van der Waals surface area (Å²) in [6.45, 7) is 3.91. The molecule has 0 bridgehead atoms. The molecule has 1 aliphatic rings. The summed E-state index contributed by atoms with van der Waals surface area (Å²) in [5.74, 6) is 0.584. The summed E-state index contributed by atoms with van der Waals surface area (Å²) in [7, 11) is 0. The van der Waals surface area contributed by atoms with Crippen LogP contribution in [0.2, 0.25) is 0 Å². The largest absolute Gasteiger partial charge is 0.381 e. The molecule has 0 aromatic heterocycles. The fraction of sp³-hybridized carbons (Fsp3) is 0.571. The van der Waals surface area contributed by atoms with Crippen LogP contribution in [0.15, 0.2) is 24.3 Å². The van der Waals surface area contributed by atoms with E-state index in [1.807, 2.05) is 0 Å². The lowest BCUT2D eigenvalue weighted by atomic mass is 9.87. The zero-order valence-electron chi connectivity index (χ0n) is 9.99. The van der Waals surface area contributed by atoms with Crippen molar-refractivity contribution in [1.29, 1.82) is 0 Å². The van der Waals surface area contributed by atoms with E-state index >= 15 is 0 Å². The van der Waals surface area contributed by atoms with Gasteiger partial charge in [0.15, 0.2) is 0 Å². The predicted octanol–water partition coefficient (Wildman–Crippen LogP) is 2.68. The number of benzene rings is 1. The number of hydrogen-bond donors (Lipinski definition) is 1. The average Bonchev–Trinajstić information content (AvgIpc) is 2.39. The Morgan fingerprint density at radius 1 is 1.25 bits per heavy atom. The fourth-order valence-electron chi connectivity index (χ4n) is 2.32. The minimum Gasteiger partial charge on any atom is -0.381 e. The molecule has 1 aliphatic heterocycles. The van der Waals surface area contributed by atoms with Gasteiger partial charge in [0.25, 0.3) is 0 Å². The summed E-state index contributed by atoms with van der Waals surface area (Å²) in [4.78, 5) is 0. The molecule has 1 atom stereocenters. The number of nitrogens with two attached hydrogens (primary N) is 1. The molecule has 1 aromatic rings. The molecule has 88 valence electrons. The molecular weight excluding hydrogens is 198 g/mol. The van der Waals surface area contributed by atoms with Crippen molar-refractivity contribution in [3.63, 3.8) is 0 Å². The van der Waals surface area contributed by atoms with Crippen LogP contribution in [-0.4, -0.2) is 13.2 Å². The van der Waals surface area contributed by atoms with Gasteiger partial charge in [0.05, 0.1) is 0 Å². The second kappa shape index (κ2) is 5.46. The van der Waals surface area contributed by atoms with E-state index < -0.39 is 0 Å². The Balaban J connectivity index is 2.04. The summed E-state index contributed by atoms with van der Waals surface area (Å²) >= 11 is 0. The quantitative estimate of drug-likeness (QED) is 0.848. The van der Waals surface area contributed by atoms with Crippen molar-refractivity contribution in [3.05, 3.63) is 35.4 Å². The van der Waals surface area contributed by atoms with Gasteiger partial charge in [-0.2, -0.15) is 0 Å². The Labute approximate surface area is 97.8 Å². The minimum atomic E-state index is 0.176. The molecule has 2 N–H and O–H groups in total. The first-order valence-electron chi connectivity index (χ1n) is 6.23. The zero-order valence-corrected chi connectivity index (χ0v) is 9.99. The number of hydrogen-bond acceptors (Lipinski definition) is 2. The van der Waals surface area contributed by atoms with Crippen LogP contribution in [0.5, 0.6) is 0 Å². The van der Waals surface area contributed by atoms with Crippen LogP contribution in [-0.2, 0) is 11.2 Å². The first kappa shape index (κ1) is 11.6. The van der Waals surface area contributed by atoms with Crippen LogP contribution in [0.25, 0.3) is 0 Å². The molecule has 0 spiro atoms. The maximum absolute atomic E-state index is 6.31. The van der Waals surface area contributed by atoms with Gasteiger partial charge in [-0.25, -0.2) is 0 Å². The molecule has 0 radical (unpaired) electrons. The molecule has 1 aromatic carbocycles. The highest BCUT2D eigenvalue weighted by Gasteiger charge is 2.21. The van der Waals surface area contributed by atoms with E-state index in [2.05, 4.69) is 31.2 Å². The lowest BCUT2D eigenvalue weighted by Gasteiger charge is -2.27. The highest BCUT2D eigenvalue weighted by molar-refractivity contribution is 5.25. The summed E-state index contributed by atoms with van der Waals surface area (Å²) in [6, 6.07) is 8.91. The molecule has 1 saturated heterocycles. The molecule has 16 heavy (non-hydrogen) atoms.